The molecule has 0 radical (unpaired) electrons. The first-order valence-electron chi connectivity index (χ1n) is 19.8. The predicted octanol–water partition coefficient (Wildman–Crippen LogP) is 4.66. The number of alkyl carbamates (subject to hydrolysis) is 1. The van der Waals surface area contributed by atoms with E-state index in [4.69, 9.17) is 9.47 Å². The van der Waals surface area contributed by atoms with Crippen LogP contribution in [-0.2, 0) is 41.5 Å². The monoisotopic (exact) mass is 746 g/mol. The zero-order valence-corrected chi connectivity index (χ0v) is 32.2. The molecule has 1 heterocycles. The fourth-order valence-electron chi connectivity index (χ4n) is 10.1. The highest BCUT2D eigenvalue weighted by molar-refractivity contribution is 5.93. The van der Waals surface area contributed by atoms with E-state index >= 15 is 0 Å². The first-order valence-corrected chi connectivity index (χ1v) is 19.8. The van der Waals surface area contributed by atoms with Crippen molar-refractivity contribution in [2.24, 2.45) is 23.2 Å². The van der Waals surface area contributed by atoms with Gasteiger partial charge in [0.2, 0.25) is 17.7 Å². The van der Waals surface area contributed by atoms with Crippen LogP contribution in [0.5, 0.6) is 0 Å². The van der Waals surface area contributed by atoms with Gasteiger partial charge in [-0.15, -0.1) is 0 Å². The molecule has 0 saturated heterocycles. The van der Waals surface area contributed by atoms with Crippen LogP contribution >= 0.6 is 0 Å². The van der Waals surface area contributed by atoms with Crippen LogP contribution in [-0.4, -0.2) is 76.1 Å². The Morgan fingerprint density at radius 1 is 0.870 bits per heavy atom. The smallest absolute Gasteiger partial charge is 0.408 e. The number of carbonyl (C=O) groups excluding carboxylic acids is 5. The quantitative estimate of drug-likeness (QED) is 0.173. The number of nitrogens with zero attached hydrogens (tertiary/aromatic N) is 1. The van der Waals surface area contributed by atoms with E-state index in [-0.39, 0.29) is 48.3 Å². The van der Waals surface area contributed by atoms with E-state index in [0.29, 0.717) is 31.4 Å². The van der Waals surface area contributed by atoms with Crippen LogP contribution in [0.15, 0.2) is 42.9 Å². The summed E-state index contributed by atoms with van der Waals surface area (Å²) in [5.74, 6) is -0.667. The van der Waals surface area contributed by atoms with Gasteiger partial charge < -0.3 is 35.7 Å². The number of aromatic nitrogens is 2. The number of benzene rings is 1. The molecule has 2 unspecified atom stereocenters. The number of methoxy groups -OCH3 is 1. The average Bonchev–Trinajstić information content (AvgIpc) is 3.63. The number of nitrogens with one attached hydrogen (secondary N) is 5. The van der Waals surface area contributed by atoms with Gasteiger partial charge in [0.25, 0.3) is 0 Å². The molecule has 1 aromatic carbocycles. The van der Waals surface area contributed by atoms with Crippen LogP contribution in [0, 0.1) is 23.2 Å². The number of esters is 1. The van der Waals surface area contributed by atoms with Gasteiger partial charge in [-0.2, -0.15) is 0 Å². The highest BCUT2D eigenvalue weighted by Gasteiger charge is 2.61. The van der Waals surface area contributed by atoms with Gasteiger partial charge >= 0.3 is 12.1 Å². The van der Waals surface area contributed by atoms with Crippen LogP contribution < -0.4 is 21.3 Å². The molecule has 0 spiro atoms. The van der Waals surface area contributed by atoms with Crippen LogP contribution in [0.4, 0.5) is 4.79 Å². The van der Waals surface area contributed by atoms with Crippen molar-refractivity contribution < 1.29 is 33.4 Å². The largest absolute Gasteiger partial charge is 0.467 e. The van der Waals surface area contributed by atoms with Crippen molar-refractivity contribution in [2.75, 3.05) is 7.11 Å². The topological polar surface area (TPSA) is 181 Å². The Morgan fingerprint density at radius 3 is 2.20 bits per heavy atom. The number of amides is 4. The number of H-pyrrole nitrogens is 1. The van der Waals surface area contributed by atoms with Gasteiger partial charge in [-0.25, -0.2) is 14.6 Å². The molecular weight excluding hydrogens is 688 g/mol. The van der Waals surface area contributed by atoms with Gasteiger partial charge in [-0.1, -0.05) is 62.4 Å². The highest BCUT2D eigenvalue weighted by atomic mass is 16.6. The number of aromatic amines is 1. The molecular formula is C41H58N6O7. The maximum absolute atomic E-state index is 14.7. The Morgan fingerprint density at radius 2 is 1.57 bits per heavy atom. The van der Waals surface area contributed by atoms with E-state index in [1.807, 2.05) is 30.3 Å². The fraction of sp³-hybridized carbons (Fsp3) is 0.659. The number of hydrogen-bond acceptors (Lipinski definition) is 8. The molecule has 54 heavy (non-hydrogen) atoms. The second kappa shape index (κ2) is 16.5. The van der Waals surface area contributed by atoms with Crippen LogP contribution in [0.25, 0.3) is 0 Å². The molecule has 2 aromatic rings. The van der Waals surface area contributed by atoms with Gasteiger partial charge in [0.15, 0.2) is 0 Å². The highest BCUT2D eigenvalue weighted by Crippen LogP contribution is 2.61. The van der Waals surface area contributed by atoms with E-state index in [1.54, 1.807) is 27.0 Å². The molecule has 5 aliphatic rings. The zero-order valence-electron chi connectivity index (χ0n) is 32.2. The summed E-state index contributed by atoms with van der Waals surface area (Å²) in [4.78, 5) is 75.8. The number of hydrogen-bond donors (Lipinski definition) is 5. The van der Waals surface area contributed by atoms with Crippen molar-refractivity contribution in [2.45, 2.75) is 140 Å². The summed E-state index contributed by atoms with van der Waals surface area (Å²) in [5.41, 5.74) is -0.561. The molecule has 5 fully saturated rings. The zero-order chi connectivity index (χ0) is 38.5. The fourth-order valence-corrected chi connectivity index (χ4v) is 10.1. The summed E-state index contributed by atoms with van der Waals surface area (Å²) in [6.07, 6.45) is 13.1. The Balaban J connectivity index is 1.19. The lowest BCUT2D eigenvalue weighted by Crippen LogP contribution is -2.68. The second-order valence-corrected chi connectivity index (χ2v) is 17.5. The molecule has 0 aliphatic heterocycles. The maximum Gasteiger partial charge on any atom is 0.408 e. The minimum Gasteiger partial charge on any atom is -0.467 e. The van der Waals surface area contributed by atoms with Crippen molar-refractivity contribution in [3.05, 3.63) is 54.1 Å². The number of carbonyl (C=O) groups is 5. The Labute approximate surface area is 318 Å². The summed E-state index contributed by atoms with van der Waals surface area (Å²) >= 11 is 0. The second-order valence-electron chi connectivity index (χ2n) is 17.5. The molecule has 294 valence electrons. The Bertz CT molecular complexity index is 1620. The first-order chi connectivity index (χ1) is 25.7. The third-order valence-corrected chi connectivity index (χ3v) is 11.9. The van der Waals surface area contributed by atoms with Crippen LogP contribution in [0.1, 0.15) is 109 Å². The number of rotatable bonds is 14. The van der Waals surface area contributed by atoms with Crippen molar-refractivity contribution >= 4 is 29.8 Å². The van der Waals surface area contributed by atoms with Crippen molar-refractivity contribution in [3.8, 4) is 0 Å². The van der Waals surface area contributed by atoms with Crippen molar-refractivity contribution in [3.63, 3.8) is 0 Å². The molecule has 5 aliphatic carbocycles. The third kappa shape index (κ3) is 9.81. The average molecular weight is 747 g/mol. The maximum atomic E-state index is 14.7. The van der Waals surface area contributed by atoms with Gasteiger partial charge in [0, 0.05) is 30.3 Å². The lowest BCUT2D eigenvalue weighted by atomic mass is 9.46. The summed E-state index contributed by atoms with van der Waals surface area (Å²) in [5, 5.41) is 12.3. The molecule has 7 rings (SSSR count). The van der Waals surface area contributed by atoms with E-state index in [0.717, 1.165) is 56.9 Å². The molecule has 5 N–H and O–H groups in total. The minimum atomic E-state index is -0.930. The van der Waals surface area contributed by atoms with Gasteiger partial charge in [0.1, 0.15) is 23.7 Å². The summed E-state index contributed by atoms with van der Waals surface area (Å²) in [7, 11) is 1.31. The Hall–Kier alpha value is -4.42. The van der Waals surface area contributed by atoms with E-state index in [1.165, 1.54) is 13.4 Å². The summed E-state index contributed by atoms with van der Waals surface area (Å²) in [6.45, 7) is 5.30. The van der Waals surface area contributed by atoms with E-state index in [2.05, 4.69) is 31.2 Å². The van der Waals surface area contributed by atoms with E-state index < -0.39 is 46.7 Å². The molecule has 13 heteroatoms. The number of imidazole rings is 1. The molecule has 13 nitrogen and oxygen atoms in total. The van der Waals surface area contributed by atoms with Gasteiger partial charge in [0.05, 0.1) is 18.9 Å². The standard InChI is InChI=1S/C41H58N6O7/c1-39(2,3)54-38(52)46-32(18-30-23-42-25-43-30)35(49)47-41-21-28-15-29(22-41)20-40(19-28,24-41)37(51)45-31(16-26-11-7-5-8-12-26)34(48)44-33(36(50)53-4)17-27-13-9-6-10-14-27/h6,9-10,13-14,23,25-26,28-29,31-33H,5,7-8,11-12,15-22,24H2,1-4H3,(H,42,43)(H,44,48)(H,45,51)(H,46,52)(H,47,49)/t28-,29+,31-,32-,33-,40?,41?/m1/s1. The molecule has 1 aromatic heterocycles. The van der Waals surface area contributed by atoms with Crippen LogP contribution in [0.2, 0.25) is 0 Å². The Kier molecular flexibility index (Phi) is 12.0. The third-order valence-electron chi connectivity index (χ3n) is 11.9. The molecule has 4 bridgehead atoms. The van der Waals surface area contributed by atoms with Crippen molar-refractivity contribution in [1.82, 2.24) is 31.2 Å². The van der Waals surface area contributed by atoms with Gasteiger partial charge in [-0.3, -0.25) is 14.4 Å². The van der Waals surface area contributed by atoms with E-state index in [9.17, 15) is 24.0 Å². The lowest BCUT2D eigenvalue weighted by molar-refractivity contribution is -0.155. The summed E-state index contributed by atoms with van der Waals surface area (Å²) in [6, 6.07) is 6.81. The predicted molar refractivity (Wildman–Crippen MR) is 201 cm³/mol. The minimum absolute atomic E-state index is 0.162. The number of ether oxygens (including phenoxy) is 2. The van der Waals surface area contributed by atoms with Gasteiger partial charge in [-0.05, 0) is 89.0 Å². The van der Waals surface area contributed by atoms with Crippen LogP contribution in [0.3, 0.4) is 0 Å². The summed E-state index contributed by atoms with van der Waals surface area (Å²) < 4.78 is 10.6. The normalized spacial score (nSPS) is 26.5. The lowest BCUT2D eigenvalue weighted by Gasteiger charge is -2.61. The first kappa shape index (κ1) is 39.3. The molecule has 7 atom stereocenters. The molecule has 5 saturated carbocycles. The molecule has 4 amide bonds. The SMILES string of the molecule is COC(=O)[C@@H](Cc1ccccc1)NC(=O)[C@@H](CC1CCCCC1)NC(=O)C12C[C@@H]3C[C@@H](CC(NC(=O)[C@@H](Cc4cnc[nH]4)NC(=O)OC(C)(C)C)(C3)C1)C2. The van der Waals surface area contributed by atoms with Crippen molar-refractivity contribution in [1.29, 1.82) is 0 Å².